The highest BCUT2D eigenvalue weighted by Gasteiger charge is 2.18. The number of imidazole rings is 1. The number of carbonyl (C=O) groups excluding carboxylic acids is 1. The number of aromatic nitrogens is 4. The number of carbonyl (C=O) groups is 1. The Morgan fingerprint density at radius 3 is 2.58 bits per heavy atom. The van der Waals surface area contributed by atoms with Crippen molar-refractivity contribution in [3.8, 4) is 22.8 Å². The predicted octanol–water partition coefficient (Wildman–Crippen LogP) is 4.38. The Bertz CT molecular complexity index is 1230. The van der Waals surface area contributed by atoms with Crippen LogP contribution in [0.5, 0.6) is 0 Å². The number of hydrogen-bond donors (Lipinski definition) is 0. The van der Waals surface area contributed by atoms with Gasteiger partial charge in [-0.2, -0.15) is 4.98 Å². The number of rotatable bonds is 5. The van der Waals surface area contributed by atoms with Gasteiger partial charge < -0.3 is 14.0 Å². The summed E-state index contributed by atoms with van der Waals surface area (Å²) in [5.74, 6) is 1.27. The van der Waals surface area contributed by atoms with E-state index in [9.17, 15) is 4.79 Å². The fourth-order valence-corrected chi connectivity index (χ4v) is 4.28. The molecule has 4 aromatic rings. The Balaban J connectivity index is 1.35. The second-order valence-corrected chi connectivity index (χ2v) is 8.28. The normalized spacial score (nSPS) is 13.9. The highest BCUT2D eigenvalue weighted by molar-refractivity contribution is 5.81. The zero-order chi connectivity index (χ0) is 21.4. The molecule has 0 atom stereocenters. The first-order chi connectivity index (χ1) is 15.1. The summed E-state index contributed by atoms with van der Waals surface area (Å²) < 4.78 is 7.55. The lowest BCUT2D eigenvalue weighted by molar-refractivity contribution is -0.130. The van der Waals surface area contributed by atoms with Gasteiger partial charge in [0.15, 0.2) is 0 Å². The Kier molecular flexibility index (Phi) is 5.02. The molecule has 0 spiro atoms. The van der Waals surface area contributed by atoms with Gasteiger partial charge in [-0.15, -0.1) is 0 Å². The number of nitrogens with zero attached hydrogens (tertiary/aromatic N) is 5. The summed E-state index contributed by atoms with van der Waals surface area (Å²) in [7, 11) is 0. The van der Waals surface area contributed by atoms with E-state index >= 15 is 0 Å². The number of amides is 1. The SMILES string of the molecule is Cc1cc(C)cc(-c2nc(-c3ccc4c(c3)ncn4CCC(=O)N3CCCC3)no2)c1. The molecule has 5 rings (SSSR count). The average molecular weight is 415 g/mol. The summed E-state index contributed by atoms with van der Waals surface area (Å²) >= 11 is 0. The van der Waals surface area contributed by atoms with Gasteiger partial charge in [0.05, 0.1) is 17.4 Å². The van der Waals surface area contributed by atoms with E-state index in [1.165, 1.54) is 0 Å². The van der Waals surface area contributed by atoms with Crippen LogP contribution in [0.2, 0.25) is 0 Å². The summed E-state index contributed by atoms with van der Waals surface area (Å²) in [5, 5.41) is 4.17. The van der Waals surface area contributed by atoms with Gasteiger partial charge in [0.25, 0.3) is 5.89 Å². The summed E-state index contributed by atoms with van der Waals surface area (Å²) in [5.41, 5.74) is 5.93. The molecule has 1 amide bonds. The van der Waals surface area contributed by atoms with Gasteiger partial charge >= 0.3 is 0 Å². The molecule has 1 saturated heterocycles. The maximum Gasteiger partial charge on any atom is 0.258 e. The minimum absolute atomic E-state index is 0.224. The van der Waals surface area contributed by atoms with Crippen molar-refractivity contribution < 1.29 is 9.32 Å². The Morgan fingerprint density at radius 2 is 1.81 bits per heavy atom. The molecule has 2 aromatic heterocycles. The van der Waals surface area contributed by atoms with Gasteiger partial charge in [-0.1, -0.05) is 22.3 Å². The highest BCUT2D eigenvalue weighted by atomic mass is 16.5. The van der Waals surface area contributed by atoms with E-state index in [0.29, 0.717) is 24.7 Å². The molecule has 1 fully saturated rings. The summed E-state index contributed by atoms with van der Waals surface area (Å²) in [6.45, 7) is 6.51. The van der Waals surface area contributed by atoms with Crippen LogP contribution >= 0.6 is 0 Å². The van der Waals surface area contributed by atoms with Gasteiger partial charge in [-0.05, 0) is 57.0 Å². The molecule has 2 aromatic carbocycles. The molecule has 0 unspecified atom stereocenters. The van der Waals surface area contributed by atoms with E-state index in [1.807, 2.05) is 39.8 Å². The van der Waals surface area contributed by atoms with Crippen LogP contribution in [0.3, 0.4) is 0 Å². The lowest BCUT2D eigenvalue weighted by atomic mass is 10.1. The van der Waals surface area contributed by atoms with Crippen LogP contribution < -0.4 is 0 Å². The number of fused-ring (bicyclic) bond motifs is 1. The van der Waals surface area contributed by atoms with Gasteiger partial charge in [-0.3, -0.25) is 4.79 Å². The minimum atomic E-state index is 0.224. The van der Waals surface area contributed by atoms with E-state index in [0.717, 1.165) is 59.2 Å². The molecule has 0 bridgehead atoms. The lowest BCUT2D eigenvalue weighted by Crippen LogP contribution is -2.28. The first kappa shape index (κ1) is 19.5. The molecule has 3 heterocycles. The zero-order valence-corrected chi connectivity index (χ0v) is 17.8. The maximum atomic E-state index is 12.3. The van der Waals surface area contributed by atoms with Crippen LogP contribution in [0.15, 0.2) is 47.2 Å². The minimum Gasteiger partial charge on any atom is -0.343 e. The van der Waals surface area contributed by atoms with Crippen LogP contribution in [0, 0.1) is 13.8 Å². The number of benzene rings is 2. The van der Waals surface area contributed by atoms with E-state index in [2.05, 4.69) is 35.0 Å². The van der Waals surface area contributed by atoms with Crippen molar-refractivity contribution in [2.75, 3.05) is 13.1 Å². The fraction of sp³-hybridized carbons (Fsp3) is 0.333. The molecule has 0 saturated carbocycles. The second-order valence-electron chi connectivity index (χ2n) is 8.28. The second kappa shape index (κ2) is 7.98. The summed E-state index contributed by atoms with van der Waals surface area (Å²) in [4.78, 5) is 23.4. The molecular formula is C24H25N5O2. The van der Waals surface area contributed by atoms with Crippen LogP contribution in [-0.4, -0.2) is 43.6 Å². The Hall–Kier alpha value is -3.48. The van der Waals surface area contributed by atoms with Crippen molar-refractivity contribution in [1.82, 2.24) is 24.6 Å². The quantitative estimate of drug-likeness (QED) is 0.483. The third-order valence-electron chi connectivity index (χ3n) is 5.80. The van der Waals surface area contributed by atoms with E-state index in [1.54, 1.807) is 6.33 Å². The fourth-order valence-electron chi connectivity index (χ4n) is 4.28. The first-order valence-electron chi connectivity index (χ1n) is 10.7. The van der Waals surface area contributed by atoms with Crippen LogP contribution in [0.1, 0.15) is 30.4 Å². The first-order valence-corrected chi connectivity index (χ1v) is 10.7. The summed E-state index contributed by atoms with van der Waals surface area (Å²) in [6.07, 6.45) is 4.52. The summed E-state index contributed by atoms with van der Waals surface area (Å²) in [6, 6.07) is 12.1. The van der Waals surface area contributed by atoms with Crippen molar-refractivity contribution in [2.24, 2.45) is 0 Å². The van der Waals surface area contributed by atoms with Crippen molar-refractivity contribution >= 4 is 16.9 Å². The monoisotopic (exact) mass is 415 g/mol. The van der Waals surface area contributed by atoms with E-state index in [-0.39, 0.29) is 5.91 Å². The van der Waals surface area contributed by atoms with Crippen LogP contribution in [0.4, 0.5) is 0 Å². The maximum absolute atomic E-state index is 12.3. The molecule has 7 nitrogen and oxygen atoms in total. The molecule has 7 heteroatoms. The standard InChI is InChI=1S/C24H25N5O2/c1-16-11-17(2)13-19(12-16)24-26-23(27-31-24)18-5-6-21-20(14-18)25-15-29(21)10-7-22(30)28-8-3-4-9-28/h5-6,11-15H,3-4,7-10H2,1-2H3. The Labute approximate surface area is 180 Å². The third-order valence-corrected chi connectivity index (χ3v) is 5.80. The number of aryl methyl sites for hydroxylation is 3. The molecule has 0 aliphatic carbocycles. The van der Waals surface area contributed by atoms with Gasteiger partial charge in [0.1, 0.15) is 0 Å². The van der Waals surface area contributed by atoms with Crippen molar-refractivity contribution in [3.63, 3.8) is 0 Å². The molecule has 31 heavy (non-hydrogen) atoms. The van der Waals surface area contributed by atoms with Crippen molar-refractivity contribution in [1.29, 1.82) is 0 Å². The lowest BCUT2D eigenvalue weighted by Gasteiger charge is -2.15. The predicted molar refractivity (Wildman–Crippen MR) is 118 cm³/mol. The van der Waals surface area contributed by atoms with Crippen LogP contribution in [0.25, 0.3) is 33.9 Å². The molecule has 158 valence electrons. The molecule has 0 radical (unpaired) electrons. The largest absolute Gasteiger partial charge is 0.343 e. The Morgan fingerprint density at radius 1 is 1.03 bits per heavy atom. The average Bonchev–Trinajstić information content (AvgIpc) is 3.52. The molecule has 1 aliphatic rings. The van der Waals surface area contributed by atoms with E-state index < -0.39 is 0 Å². The number of likely N-dealkylation sites (tertiary alicyclic amines) is 1. The molecule has 0 N–H and O–H groups in total. The molecule has 1 aliphatic heterocycles. The molecular weight excluding hydrogens is 390 g/mol. The zero-order valence-electron chi connectivity index (χ0n) is 17.8. The number of hydrogen-bond acceptors (Lipinski definition) is 5. The van der Waals surface area contributed by atoms with E-state index in [4.69, 9.17) is 4.52 Å². The van der Waals surface area contributed by atoms with Gasteiger partial charge in [-0.25, -0.2) is 4.98 Å². The van der Waals surface area contributed by atoms with Crippen molar-refractivity contribution in [3.05, 3.63) is 53.9 Å². The van der Waals surface area contributed by atoms with Gasteiger partial charge in [0.2, 0.25) is 11.7 Å². The highest BCUT2D eigenvalue weighted by Crippen LogP contribution is 2.26. The van der Waals surface area contributed by atoms with Crippen LogP contribution in [-0.2, 0) is 11.3 Å². The topological polar surface area (TPSA) is 77.1 Å². The third kappa shape index (κ3) is 3.95. The smallest absolute Gasteiger partial charge is 0.258 e. The van der Waals surface area contributed by atoms with Crippen molar-refractivity contribution in [2.45, 2.75) is 39.7 Å². The van der Waals surface area contributed by atoms with Gasteiger partial charge in [0, 0.05) is 37.2 Å².